The quantitative estimate of drug-likeness (QED) is 0.451. The summed E-state index contributed by atoms with van der Waals surface area (Å²) in [4.78, 5) is 33.7. The number of hydrogen-bond donors (Lipinski definition) is 3. The molecule has 0 bridgehead atoms. The molecule has 4 heterocycles. The Kier molecular flexibility index (Phi) is 6.54. The van der Waals surface area contributed by atoms with Crippen LogP contribution in [0.3, 0.4) is 0 Å². The van der Waals surface area contributed by atoms with E-state index in [1.54, 1.807) is 0 Å². The number of carbonyl (C=O) groups excluding carboxylic acids is 1. The second-order valence-electron chi connectivity index (χ2n) is 6.23. The summed E-state index contributed by atoms with van der Waals surface area (Å²) >= 11 is 0. The Balaban J connectivity index is 0.00000225. The standard InChI is InChI=1S/C14H18N5O7P.Na/c1-2-3-8(20)18-12-9-13(16-5-15-12)19(6-17-9)14-10(21)11-7(25-14)4-24-27(22,23)26-11;/h5-7,10-11,14,21H,2-4H2,1H3,(H,22,23)(H,15,16,18,20);/t7-,10-,11-,14-;/m1./s1. The first kappa shape index (κ1) is 21.8. The Morgan fingerprint density at radius 1 is 1.43 bits per heavy atom. The maximum Gasteiger partial charge on any atom is 0.472 e. The van der Waals surface area contributed by atoms with Crippen LogP contribution in [-0.4, -0.2) is 89.9 Å². The predicted molar refractivity (Wildman–Crippen MR) is 95.2 cm³/mol. The van der Waals surface area contributed by atoms with Gasteiger partial charge in [-0.3, -0.25) is 18.4 Å². The van der Waals surface area contributed by atoms with Crippen molar-refractivity contribution < 1.29 is 33.1 Å². The van der Waals surface area contributed by atoms with Crippen molar-refractivity contribution in [3.8, 4) is 0 Å². The summed E-state index contributed by atoms with van der Waals surface area (Å²) in [7, 11) is -4.21. The number of anilines is 1. The molecular formula is C14H18N5NaO7P. The SMILES string of the molecule is CCCC(=O)Nc1ncnc2c1ncn2[C@@H]1O[C@@H]2COP(=O)(O)O[C@H]2[C@H]1O.[Na]. The van der Waals surface area contributed by atoms with E-state index in [0.29, 0.717) is 24.0 Å². The van der Waals surface area contributed by atoms with Gasteiger partial charge in [0.25, 0.3) is 0 Å². The van der Waals surface area contributed by atoms with Crippen molar-refractivity contribution in [1.29, 1.82) is 0 Å². The summed E-state index contributed by atoms with van der Waals surface area (Å²) in [6.07, 6.45) is -0.262. The molecular weight excluding hydrogens is 404 g/mol. The van der Waals surface area contributed by atoms with Gasteiger partial charge in [0.05, 0.1) is 12.9 Å². The van der Waals surface area contributed by atoms with Crippen LogP contribution in [0.5, 0.6) is 0 Å². The molecule has 2 aromatic rings. The molecule has 5 atom stereocenters. The smallest absolute Gasteiger partial charge is 0.386 e. The van der Waals surface area contributed by atoms with E-state index in [-0.39, 0.29) is 47.9 Å². The summed E-state index contributed by atoms with van der Waals surface area (Å²) in [6, 6.07) is 0. The zero-order valence-electron chi connectivity index (χ0n) is 15.3. The number of rotatable bonds is 4. The summed E-state index contributed by atoms with van der Waals surface area (Å²) in [5.41, 5.74) is 0.658. The third kappa shape index (κ3) is 4.02. The minimum atomic E-state index is -4.21. The molecule has 1 radical (unpaired) electrons. The first-order chi connectivity index (χ1) is 12.9. The fourth-order valence-electron chi connectivity index (χ4n) is 3.12. The number of carbonyl (C=O) groups is 1. The van der Waals surface area contributed by atoms with Crippen molar-refractivity contribution >= 4 is 60.3 Å². The minimum Gasteiger partial charge on any atom is -0.386 e. The molecule has 0 aliphatic carbocycles. The second kappa shape index (κ2) is 8.42. The van der Waals surface area contributed by atoms with Crippen molar-refractivity contribution in [3.05, 3.63) is 12.7 Å². The Morgan fingerprint density at radius 3 is 2.96 bits per heavy atom. The van der Waals surface area contributed by atoms with Gasteiger partial charge in [0.1, 0.15) is 24.6 Å². The second-order valence-corrected chi connectivity index (χ2v) is 7.64. The van der Waals surface area contributed by atoms with Gasteiger partial charge in [-0.1, -0.05) is 6.92 Å². The summed E-state index contributed by atoms with van der Waals surface area (Å²) in [5.74, 6) is 0.0565. The number of aliphatic hydroxyl groups is 1. The average Bonchev–Trinajstić information content (AvgIpc) is 3.17. The molecule has 147 valence electrons. The van der Waals surface area contributed by atoms with Crippen LogP contribution in [0.25, 0.3) is 11.2 Å². The van der Waals surface area contributed by atoms with Gasteiger partial charge in [0, 0.05) is 36.0 Å². The minimum absolute atomic E-state index is 0. The fraction of sp³-hybridized carbons (Fsp3) is 0.571. The van der Waals surface area contributed by atoms with Crippen LogP contribution in [0.2, 0.25) is 0 Å². The van der Waals surface area contributed by atoms with E-state index in [1.807, 2.05) is 6.92 Å². The number of amides is 1. The number of fused-ring (bicyclic) bond motifs is 2. The monoisotopic (exact) mass is 422 g/mol. The molecule has 1 amide bonds. The maximum absolute atomic E-state index is 11.9. The third-order valence-electron chi connectivity index (χ3n) is 4.33. The van der Waals surface area contributed by atoms with Crippen LogP contribution in [0.4, 0.5) is 5.82 Å². The Bertz CT molecular complexity index is 927. The molecule has 1 unspecified atom stereocenters. The molecule has 0 aromatic carbocycles. The van der Waals surface area contributed by atoms with Crippen LogP contribution in [0, 0.1) is 0 Å². The van der Waals surface area contributed by atoms with Crippen molar-refractivity contribution in [1.82, 2.24) is 19.5 Å². The molecule has 2 aliphatic heterocycles. The van der Waals surface area contributed by atoms with Gasteiger partial charge < -0.3 is 20.1 Å². The number of hydrogen-bond acceptors (Lipinski definition) is 9. The van der Waals surface area contributed by atoms with E-state index in [9.17, 15) is 19.4 Å². The number of imidazole rings is 1. The van der Waals surface area contributed by atoms with Crippen LogP contribution < -0.4 is 5.32 Å². The maximum atomic E-state index is 11.9. The molecule has 28 heavy (non-hydrogen) atoms. The molecule has 2 saturated heterocycles. The first-order valence-corrected chi connectivity index (χ1v) is 9.86. The number of phosphoric acid groups is 1. The van der Waals surface area contributed by atoms with Crippen molar-refractivity contribution in [2.45, 2.75) is 44.3 Å². The van der Waals surface area contributed by atoms with Crippen LogP contribution >= 0.6 is 7.82 Å². The van der Waals surface area contributed by atoms with Gasteiger partial charge in [0.15, 0.2) is 23.2 Å². The van der Waals surface area contributed by atoms with Gasteiger partial charge >= 0.3 is 7.82 Å². The van der Waals surface area contributed by atoms with Crippen molar-refractivity contribution in [2.24, 2.45) is 0 Å². The number of nitrogens with zero attached hydrogens (tertiary/aromatic N) is 4. The van der Waals surface area contributed by atoms with Crippen LogP contribution in [-0.2, 0) is 23.1 Å². The van der Waals surface area contributed by atoms with E-state index in [0.717, 1.165) is 0 Å². The van der Waals surface area contributed by atoms with E-state index in [4.69, 9.17) is 13.8 Å². The molecule has 3 N–H and O–H groups in total. The average molecular weight is 422 g/mol. The van der Waals surface area contributed by atoms with E-state index in [1.165, 1.54) is 17.2 Å². The number of aliphatic hydroxyl groups excluding tert-OH is 1. The van der Waals surface area contributed by atoms with Gasteiger partial charge in [0.2, 0.25) is 5.91 Å². The predicted octanol–water partition coefficient (Wildman–Crippen LogP) is -0.0418. The zero-order chi connectivity index (χ0) is 19.2. The van der Waals surface area contributed by atoms with Crippen LogP contribution in [0.1, 0.15) is 26.0 Å². The Labute approximate surface area is 181 Å². The topological polar surface area (TPSA) is 158 Å². The molecule has 0 saturated carbocycles. The number of nitrogens with one attached hydrogen (secondary N) is 1. The first-order valence-electron chi connectivity index (χ1n) is 8.36. The van der Waals surface area contributed by atoms with Crippen molar-refractivity contribution in [2.75, 3.05) is 11.9 Å². The number of aromatic nitrogens is 4. The molecule has 12 nitrogen and oxygen atoms in total. The van der Waals surface area contributed by atoms with Crippen molar-refractivity contribution in [3.63, 3.8) is 0 Å². The summed E-state index contributed by atoms with van der Waals surface area (Å²) in [5, 5.41) is 13.2. The number of phosphoric ester groups is 1. The summed E-state index contributed by atoms with van der Waals surface area (Å²) < 4.78 is 28.4. The van der Waals surface area contributed by atoms with Gasteiger partial charge in [-0.15, -0.1) is 0 Å². The largest absolute Gasteiger partial charge is 0.472 e. The Morgan fingerprint density at radius 2 is 2.21 bits per heavy atom. The molecule has 2 fully saturated rings. The Hall–Kier alpha value is -0.950. The zero-order valence-corrected chi connectivity index (χ0v) is 18.2. The fourth-order valence-corrected chi connectivity index (χ4v) is 4.08. The van der Waals surface area contributed by atoms with E-state index in [2.05, 4.69) is 20.3 Å². The molecule has 14 heteroatoms. The van der Waals surface area contributed by atoms with Crippen LogP contribution in [0.15, 0.2) is 12.7 Å². The molecule has 4 rings (SSSR count). The summed E-state index contributed by atoms with van der Waals surface area (Å²) in [6.45, 7) is 1.70. The number of ether oxygens (including phenoxy) is 1. The molecule has 0 spiro atoms. The van der Waals surface area contributed by atoms with Gasteiger partial charge in [-0.2, -0.15) is 0 Å². The van der Waals surface area contributed by atoms with E-state index < -0.39 is 32.4 Å². The molecule has 2 aromatic heterocycles. The molecule has 2 aliphatic rings. The third-order valence-corrected chi connectivity index (χ3v) is 5.32. The van der Waals surface area contributed by atoms with E-state index >= 15 is 0 Å². The van der Waals surface area contributed by atoms with Gasteiger partial charge in [-0.05, 0) is 6.42 Å². The normalized spacial score (nSPS) is 32.0. The van der Waals surface area contributed by atoms with Gasteiger partial charge in [-0.25, -0.2) is 19.5 Å².